The van der Waals surface area contributed by atoms with Gasteiger partial charge in [-0.05, 0) is 29.6 Å². The molecule has 0 heterocycles. The molecule has 0 aromatic rings. The molecule has 1 aliphatic carbocycles. The van der Waals surface area contributed by atoms with E-state index in [0.29, 0.717) is 31.1 Å². The van der Waals surface area contributed by atoms with Gasteiger partial charge in [0.1, 0.15) is 0 Å². The Morgan fingerprint density at radius 2 is 0.710 bits per heavy atom. The maximum Gasteiger partial charge on any atom is 0.346 e. The summed E-state index contributed by atoms with van der Waals surface area (Å²) in [6, 6.07) is 2.05. The minimum absolute atomic E-state index is 0.378. The summed E-state index contributed by atoms with van der Waals surface area (Å²) in [5, 5.41) is 5.55. The van der Waals surface area contributed by atoms with Crippen LogP contribution in [0.1, 0.15) is 55.4 Å². The molecule has 180 valence electrons. The Morgan fingerprint density at radius 1 is 0.452 bits per heavy atom. The van der Waals surface area contributed by atoms with E-state index in [-0.39, 0.29) is 0 Å². The summed E-state index contributed by atoms with van der Waals surface area (Å²) in [6.45, 7) is 42.9. The van der Waals surface area contributed by atoms with Crippen molar-refractivity contribution in [3.63, 3.8) is 0 Å². The van der Waals surface area contributed by atoms with Crippen LogP contribution in [0.5, 0.6) is 0 Å². The predicted octanol–water partition coefficient (Wildman–Crippen LogP) is 7.49. The number of hydrogen-bond acceptors (Lipinski definition) is 2. The maximum absolute atomic E-state index is 2.82. The third kappa shape index (κ3) is 6.17. The Kier molecular flexibility index (Phi) is 9.19. The number of nitrogens with zero attached hydrogens (tertiary/aromatic N) is 2. The first-order valence-corrected chi connectivity index (χ1v) is 23.2. The molecule has 0 fully saturated rings. The van der Waals surface area contributed by atoms with Crippen molar-refractivity contribution in [1.82, 2.24) is 9.62 Å². The number of allylic oxidation sites excluding steroid dienone is 4. The van der Waals surface area contributed by atoms with E-state index in [1.165, 1.54) is 0 Å². The summed E-state index contributed by atoms with van der Waals surface area (Å²) in [7, 11) is -4.43. The minimum atomic E-state index is -1.50. The largest absolute Gasteiger partial charge is 0.346 e. The van der Waals surface area contributed by atoms with Crippen molar-refractivity contribution >= 4 is 31.2 Å². The highest BCUT2D eigenvalue weighted by molar-refractivity contribution is 6.99. The van der Waals surface area contributed by atoms with Crippen LogP contribution in [0.15, 0.2) is 21.1 Å². The van der Waals surface area contributed by atoms with Crippen molar-refractivity contribution in [3.8, 4) is 0 Å². The van der Waals surface area contributed by atoms with Crippen molar-refractivity contribution in [3.05, 3.63) is 21.1 Å². The summed E-state index contributed by atoms with van der Waals surface area (Å²) < 4.78 is 0. The van der Waals surface area contributed by atoms with E-state index in [0.717, 1.165) is 0 Å². The van der Waals surface area contributed by atoms with Crippen molar-refractivity contribution < 1.29 is 0 Å². The highest BCUT2D eigenvalue weighted by Gasteiger charge is 2.53. The first-order chi connectivity index (χ1) is 13.7. The van der Waals surface area contributed by atoms with E-state index < -0.39 is 24.2 Å². The smallest absolute Gasteiger partial charge is 0.320 e. The fourth-order valence-corrected chi connectivity index (χ4v) is 16.2. The van der Waals surface area contributed by atoms with Crippen molar-refractivity contribution in [1.29, 1.82) is 0 Å². The van der Waals surface area contributed by atoms with Gasteiger partial charge in [0.15, 0.2) is 0 Å². The Bertz CT molecular complexity index is 666. The van der Waals surface area contributed by atoms with Gasteiger partial charge in [-0.15, -0.1) is 0 Å². The average Bonchev–Trinajstić information content (AvgIpc) is 2.38. The van der Waals surface area contributed by atoms with Crippen LogP contribution in [0.2, 0.25) is 58.9 Å². The third-order valence-electron chi connectivity index (χ3n) is 6.50. The average molecular weight is 479 g/mol. The molecule has 2 nitrogen and oxygen atoms in total. The molecule has 0 saturated heterocycles. The van der Waals surface area contributed by atoms with E-state index in [4.69, 9.17) is 0 Å². The van der Waals surface area contributed by atoms with Crippen LogP contribution < -0.4 is 0 Å². The van der Waals surface area contributed by atoms with E-state index in [1.54, 1.807) is 5.47 Å². The zero-order valence-electron chi connectivity index (χ0n) is 24.3. The lowest BCUT2D eigenvalue weighted by molar-refractivity contribution is 0.226. The van der Waals surface area contributed by atoms with Crippen LogP contribution in [0.4, 0.5) is 0 Å². The first kappa shape index (κ1) is 29.1. The van der Waals surface area contributed by atoms with Crippen LogP contribution >= 0.6 is 0 Å². The molecule has 0 N–H and O–H groups in total. The third-order valence-corrected chi connectivity index (χ3v) is 13.0. The molecule has 6 heteroatoms. The zero-order chi connectivity index (χ0) is 24.9. The minimum Gasteiger partial charge on any atom is -0.320 e. The van der Waals surface area contributed by atoms with Gasteiger partial charge in [0.25, 0.3) is 0 Å². The molecular weight excluding hydrogens is 423 g/mol. The fourth-order valence-electron chi connectivity index (χ4n) is 5.80. The maximum atomic E-state index is 2.82. The summed E-state index contributed by atoms with van der Waals surface area (Å²) in [5.74, 6) is 0. The van der Waals surface area contributed by atoms with Crippen LogP contribution in [0, 0.1) is 0 Å². The van der Waals surface area contributed by atoms with Gasteiger partial charge >= 0.3 is 6.98 Å². The van der Waals surface area contributed by atoms with E-state index in [1.807, 2.05) is 15.6 Å². The Balaban J connectivity index is 4.08. The van der Waals surface area contributed by atoms with Gasteiger partial charge in [-0.3, -0.25) is 0 Å². The van der Waals surface area contributed by atoms with E-state index in [2.05, 4.69) is 124 Å². The molecule has 0 spiro atoms. The van der Waals surface area contributed by atoms with Crippen molar-refractivity contribution in [2.24, 2.45) is 0 Å². The predicted molar refractivity (Wildman–Crippen MR) is 154 cm³/mol. The molecule has 0 aromatic heterocycles. The molecule has 31 heavy (non-hydrogen) atoms. The van der Waals surface area contributed by atoms with Gasteiger partial charge in [0.05, 0.1) is 24.2 Å². The molecular formula is C25H55BN2Si3. The molecule has 1 aliphatic rings. The van der Waals surface area contributed by atoms with Crippen LogP contribution in [0.3, 0.4) is 0 Å². The van der Waals surface area contributed by atoms with Crippen LogP contribution in [-0.4, -0.2) is 65.0 Å². The Morgan fingerprint density at radius 3 is 0.903 bits per heavy atom. The molecule has 0 aromatic carbocycles. The van der Waals surface area contributed by atoms with Gasteiger partial charge in [-0.1, -0.05) is 130 Å². The second kappa shape index (κ2) is 9.77. The second-order valence-electron chi connectivity index (χ2n) is 13.9. The van der Waals surface area contributed by atoms with Crippen molar-refractivity contribution in [2.45, 2.75) is 138 Å². The quantitative estimate of drug-likeness (QED) is 0.300. The number of rotatable bonds is 10. The Hall–Kier alpha value is 0.116. The second-order valence-corrected chi connectivity index (χ2v) is 28.9. The van der Waals surface area contributed by atoms with Gasteiger partial charge in [-0.25, -0.2) is 0 Å². The van der Waals surface area contributed by atoms with Gasteiger partial charge < -0.3 is 9.62 Å². The summed E-state index contributed by atoms with van der Waals surface area (Å²) >= 11 is 0. The summed E-state index contributed by atoms with van der Waals surface area (Å²) in [6.07, 6.45) is 0. The van der Waals surface area contributed by atoms with E-state index >= 15 is 0 Å². The lowest BCUT2D eigenvalue weighted by Gasteiger charge is -2.54. The van der Waals surface area contributed by atoms with Crippen LogP contribution in [0.25, 0.3) is 0 Å². The monoisotopic (exact) mass is 478 g/mol. The molecule has 1 rings (SSSR count). The molecule has 0 atom stereocenters. The molecule has 0 saturated carbocycles. The van der Waals surface area contributed by atoms with Gasteiger partial charge in [0, 0.05) is 0 Å². The summed E-state index contributed by atoms with van der Waals surface area (Å²) in [4.78, 5) is 5.63. The Labute approximate surface area is 200 Å². The van der Waals surface area contributed by atoms with Crippen molar-refractivity contribution in [2.75, 3.05) is 0 Å². The number of hydrogen-bond donors (Lipinski definition) is 0. The molecule has 0 radical (unpaired) electrons. The van der Waals surface area contributed by atoms with Gasteiger partial charge in [-0.2, -0.15) is 0 Å². The fraction of sp³-hybridized carbons (Fsp3) is 0.840. The molecule has 0 aliphatic heterocycles. The molecule has 0 unspecified atom stereocenters. The zero-order valence-corrected chi connectivity index (χ0v) is 27.3. The normalized spacial score (nSPS) is 16.7. The van der Waals surface area contributed by atoms with Gasteiger partial charge in [0.2, 0.25) is 0 Å². The van der Waals surface area contributed by atoms with Crippen LogP contribution in [-0.2, 0) is 0 Å². The standard InChI is InChI=1S/C25H55BN2Si3/c1-18(2)27(19(3)4)26(28(20(5)6)21(7)8)22-23(29(9,10)11)25(31(15,16)17)24(22)30(12,13)14/h18-21H,1-17H3. The first-order valence-electron chi connectivity index (χ1n) is 12.7. The molecule has 0 amide bonds. The van der Waals surface area contributed by atoms with E-state index in [9.17, 15) is 0 Å². The summed E-state index contributed by atoms with van der Waals surface area (Å²) in [5.41, 5.74) is 1.76. The topological polar surface area (TPSA) is 6.48 Å². The lowest BCUT2D eigenvalue weighted by atomic mass is 9.57. The molecule has 0 bridgehead atoms. The SMILES string of the molecule is CC(C)N(B(C1=C([Si](C)(C)C)C([Si](C)(C)C)=C1[Si](C)(C)C)N(C(C)C)C(C)C)C(C)C. The lowest BCUT2D eigenvalue weighted by Crippen LogP contribution is -2.66. The highest BCUT2D eigenvalue weighted by Crippen LogP contribution is 2.51. The highest BCUT2D eigenvalue weighted by atomic mass is 28.3.